The smallest absolute Gasteiger partial charge is 0.130 e. The minimum atomic E-state index is 0.164. The first-order valence-electron chi connectivity index (χ1n) is 7.54. The van der Waals surface area contributed by atoms with Gasteiger partial charge in [0.1, 0.15) is 5.82 Å². The number of aromatic nitrogens is 2. The van der Waals surface area contributed by atoms with Crippen molar-refractivity contribution >= 4 is 5.82 Å². The van der Waals surface area contributed by atoms with E-state index < -0.39 is 0 Å². The summed E-state index contributed by atoms with van der Waals surface area (Å²) in [5.74, 6) is 1.24. The second-order valence-electron chi connectivity index (χ2n) is 5.93. The largest absolute Gasteiger partial charge is 0.357 e. The molecule has 116 valence electrons. The Hall–Kier alpha value is -1.07. The molecule has 0 bridgehead atoms. The third-order valence-electron chi connectivity index (χ3n) is 3.55. The quantitative estimate of drug-likeness (QED) is 0.782. The van der Waals surface area contributed by atoms with Crippen molar-refractivity contribution in [3.8, 4) is 0 Å². The predicted molar refractivity (Wildman–Crippen MR) is 86.4 cm³/mol. The van der Waals surface area contributed by atoms with E-state index in [0.717, 1.165) is 38.2 Å². The molecule has 0 aliphatic heterocycles. The maximum atomic E-state index is 5.99. The maximum absolute atomic E-state index is 5.99. The SMILES string of the molecule is CCN(CCCN(C)C)c1c(CC(C)N)c(C)nn1C. The summed E-state index contributed by atoms with van der Waals surface area (Å²) < 4.78 is 2.01. The van der Waals surface area contributed by atoms with E-state index in [4.69, 9.17) is 5.73 Å². The van der Waals surface area contributed by atoms with Crippen LogP contribution >= 0.6 is 0 Å². The fourth-order valence-corrected chi connectivity index (χ4v) is 2.64. The van der Waals surface area contributed by atoms with Gasteiger partial charge in [0.15, 0.2) is 0 Å². The summed E-state index contributed by atoms with van der Waals surface area (Å²) in [6.07, 6.45) is 2.04. The summed E-state index contributed by atoms with van der Waals surface area (Å²) in [5.41, 5.74) is 8.39. The van der Waals surface area contributed by atoms with Crippen molar-refractivity contribution in [2.75, 3.05) is 38.6 Å². The van der Waals surface area contributed by atoms with Crippen molar-refractivity contribution in [3.63, 3.8) is 0 Å². The van der Waals surface area contributed by atoms with E-state index in [2.05, 4.69) is 49.8 Å². The summed E-state index contributed by atoms with van der Waals surface area (Å²) in [5, 5.41) is 4.59. The van der Waals surface area contributed by atoms with Gasteiger partial charge < -0.3 is 15.5 Å². The van der Waals surface area contributed by atoms with E-state index in [9.17, 15) is 0 Å². The van der Waals surface area contributed by atoms with Crippen molar-refractivity contribution in [2.45, 2.75) is 39.7 Å². The third kappa shape index (κ3) is 4.49. The summed E-state index contributed by atoms with van der Waals surface area (Å²) in [6, 6.07) is 0.164. The van der Waals surface area contributed by atoms with Gasteiger partial charge in [-0.1, -0.05) is 0 Å². The molecule has 0 aromatic carbocycles. The van der Waals surface area contributed by atoms with Gasteiger partial charge in [0, 0.05) is 31.7 Å². The Morgan fingerprint density at radius 2 is 1.95 bits per heavy atom. The minimum Gasteiger partial charge on any atom is -0.357 e. The van der Waals surface area contributed by atoms with Crippen LogP contribution in [0.25, 0.3) is 0 Å². The van der Waals surface area contributed by atoms with Crippen LogP contribution in [0.4, 0.5) is 5.82 Å². The lowest BCUT2D eigenvalue weighted by atomic mass is 10.1. The molecule has 0 aliphatic rings. The van der Waals surface area contributed by atoms with Gasteiger partial charge in [-0.3, -0.25) is 4.68 Å². The Bertz CT molecular complexity index is 409. The average Bonchev–Trinajstić information content (AvgIpc) is 2.60. The Morgan fingerprint density at radius 1 is 1.30 bits per heavy atom. The molecule has 5 nitrogen and oxygen atoms in total. The van der Waals surface area contributed by atoms with Gasteiger partial charge in [-0.05, 0) is 54.3 Å². The highest BCUT2D eigenvalue weighted by atomic mass is 15.4. The molecule has 1 aromatic rings. The molecule has 0 amide bonds. The second-order valence-corrected chi connectivity index (χ2v) is 5.93. The fraction of sp³-hybridized carbons (Fsp3) is 0.800. The van der Waals surface area contributed by atoms with E-state index in [-0.39, 0.29) is 6.04 Å². The first kappa shape index (κ1) is 17.0. The van der Waals surface area contributed by atoms with Gasteiger partial charge in [-0.25, -0.2) is 0 Å². The van der Waals surface area contributed by atoms with Crippen LogP contribution in [0.3, 0.4) is 0 Å². The Balaban J connectivity index is 2.90. The average molecular weight is 281 g/mol. The van der Waals surface area contributed by atoms with Crippen molar-refractivity contribution in [3.05, 3.63) is 11.3 Å². The van der Waals surface area contributed by atoms with Crippen LogP contribution in [0.2, 0.25) is 0 Å². The van der Waals surface area contributed by atoms with Crippen LogP contribution in [-0.4, -0.2) is 54.5 Å². The Morgan fingerprint density at radius 3 is 2.45 bits per heavy atom. The summed E-state index contributed by atoms with van der Waals surface area (Å²) in [4.78, 5) is 4.65. The van der Waals surface area contributed by atoms with Gasteiger partial charge >= 0.3 is 0 Å². The molecular weight excluding hydrogens is 250 g/mol. The highest BCUT2D eigenvalue weighted by molar-refractivity contribution is 5.50. The third-order valence-corrected chi connectivity index (χ3v) is 3.55. The molecule has 20 heavy (non-hydrogen) atoms. The van der Waals surface area contributed by atoms with Crippen LogP contribution in [0.5, 0.6) is 0 Å². The predicted octanol–water partition coefficient (Wildman–Crippen LogP) is 1.40. The van der Waals surface area contributed by atoms with Gasteiger partial charge in [0.05, 0.1) is 5.69 Å². The molecule has 5 heteroatoms. The molecule has 1 rings (SSSR count). The molecule has 1 atom stereocenters. The van der Waals surface area contributed by atoms with E-state index in [1.54, 1.807) is 0 Å². The van der Waals surface area contributed by atoms with Gasteiger partial charge in [-0.15, -0.1) is 0 Å². The van der Waals surface area contributed by atoms with E-state index in [0.29, 0.717) is 0 Å². The lowest BCUT2D eigenvalue weighted by molar-refractivity contribution is 0.400. The monoisotopic (exact) mass is 281 g/mol. The first-order chi connectivity index (χ1) is 9.36. The normalized spacial score (nSPS) is 13.0. The zero-order valence-corrected chi connectivity index (χ0v) is 14.0. The van der Waals surface area contributed by atoms with Gasteiger partial charge in [0.25, 0.3) is 0 Å². The molecule has 0 aliphatic carbocycles. The molecule has 0 spiro atoms. The molecule has 0 fully saturated rings. The molecule has 0 radical (unpaired) electrons. The van der Waals surface area contributed by atoms with Gasteiger partial charge in [0.2, 0.25) is 0 Å². The number of anilines is 1. The number of aryl methyl sites for hydroxylation is 2. The Labute approximate surface area is 123 Å². The highest BCUT2D eigenvalue weighted by Gasteiger charge is 2.19. The molecule has 0 saturated carbocycles. The molecule has 1 heterocycles. The molecule has 1 aromatic heterocycles. The lowest BCUT2D eigenvalue weighted by Crippen LogP contribution is -2.30. The van der Waals surface area contributed by atoms with Crippen LogP contribution in [0.1, 0.15) is 31.5 Å². The molecule has 1 unspecified atom stereocenters. The Kier molecular flexibility index (Phi) is 6.49. The second kappa shape index (κ2) is 7.64. The number of hydrogen-bond donors (Lipinski definition) is 1. The van der Waals surface area contributed by atoms with Gasteiger partial charge in [-0.2, -0.15) is 5.10 Å². The number of rotatable bonds is 8. The number of nitrogens with two attached hydrogens (primary N) is 1. The molecule has 0 saturated heterocycles. The zero-order valence-electron chi connectivity index (χ0n) is 14.0. The van der Waals surface area contributed by atoms with E-state index >= 15 is 0 Å². The lowest BCUT2D eigenvalue weighted by Gasteiger charge is -2.25. The summed E-state index contributed by atoms with van der Waals surface area (Å²) >= 11 is 0. The van der Waals surface area contributed by atoms with E-state index in [1.807, 2.05) is 11.7 Å². The zero-order chi connectivity index (χ0) is 15.3. The maximum Gasteiger partial charge on any atom is 0.130 e. The van der Waals surface area contributed by atoms with Crippen molar-refractivity contribution in [2.24, 2.45) is 12.8 Å². The van der Waals surface area contributed by atoms with Crippen molar-refractivity contribution in [1.82, 2.24) is 14.7 Å². The van der Waals surface area contributed by atoms with Crippen molar-refractivity contribution < 1.29 is 0 Å². The first-order valence-corrected chi connectivity index (χ1v) is 7.54. The van der Waals surface area contributed by atoms with Crippen molar-refractivity contribution in [1.29, 1.82) is 0 Å². The fourth-order valence-electron chi connectivity index (χ4n) is 2.64. The molecular formula is C15H31N5. The number of hydrogen-bond acceptors (Lipinski definition) is 4. The van der Waals surface area contributed by atoms with Crippen LogP contribution in [0.15, 0.2) is 0 Å². The highest BCUT2D eigenvalue weighted by Crippen LogP contribution is 2.24. The van der Waals surface area contributed by atoms with Crippen LogP contribution < -0.4 is 10.6 Å². The summed E-state index contributed by atoms with van der Waals surface area (Å²) in [6.45, 7) is 9.50. The van der Waals surface area contributed by atoms with E-state index in [1.165, 1.54) is 11.4 Å². The molecule has 2 N–H and O–H groups in total. The number of nitrogens with zero attached hydrogens (tertiary/aromatic N) is 4. The van der Waals surface area contributed by atoms with Crippen LogP contribution in [-0.2, 0) is 13.5 Å². The van der Waals surface area contributed by atoms with Crippen LogP contribution in [0, 0.1) is 6.92 Å². The standard InChI is InChI=1S/C15H31N5/c1-7-20(10-8-9-18(4)5)15-14(11-12(2)16)13(3)17-19(15)6/h12H,7-11,16H2,1-6H3. The minimum absolute atomic E-state index is 0.164. The topological polar surface area (TPSA) is 50.3 Å². The summed E-state index contributed by atoms with van der Waals surface area (Å²) in [7, 11) is 6.26.